The minimum absolute atomic E-state index is 0.424. The standard InChI is InChI=1S/C19H26ClNO.C7H8/c20-9-3-11-22-15-6-5-14-12-18-16-4-1-2-7-19(16,8-10-21-18)17(14)13-15;1-7-5-3-2-4-6-7/h5-6,13,16,18,21H,1-4,7-12H2;2-6H,1H3. The number of benzene rings is 2. The fourth-order valence-electron chi connectivity index (χ4n) is 5.77. The molecule has 0 spiro atoms. The quantitative estimate of drug-likeness (QED) is 0.489. The molecule has 29 heavy (non-hydrogen) atoms. The predicted octanol–water partition coefficient (Wildman–Crippen LogP) is 6.04. The molecule has 5 rings (SSSR count). The predicted molar refractivity (Wildman–Crippen MR) is 122 cm³/mol. The number of rotatable bonds is 4. The third-order valence-electron chi connectivity index (χ3n) is 7.11. The van der Waals surface area contributed by atoms with Crippen LogP contribution in [0, 0.1) is 12.8 Å². The van der Waals surface area contributed by atoms with E-state index >= 15 is 0 Å². The van der Waals surface area contributed by atoms with Gasteiger partial charge in [-0.3, -0.25) is 0 Å². The zero-order valence-corrected chi connectivity index (χ0v) is 18.4. The van der Waals surface area contributed by atoms with Gasteiger partial charge in [-0.2, -0.15) is 0 Å². The number of ether oxygens (including phenoxy) is 1. The van der Waals surface area contributed by atoms with Crippen LogP contribution in [0.4, 0.5) is 0 Å². The highest BCUT2D eigenvalue weighted by molar-refractivity contribution is 6.17. The molecule has 2 aromatic carbocycles. The van der Waals surface area contributed by atoms with Gasteiger partial charge >= 0.3 is 0 Å². The number of halogens is 1. The summed E-state index contributed by atoms with van der Waals surface area (Å²) in [6.07, 6.45) is 8.97. The third-order valence-corrected chi connectivity index (χ3v) is 7.37. The van der Waals surface area contributed by atoms with Crippen molar-refractivity contribution in [2.45, 2.75) is 63.3 Å². The minimum atomic E-state index is 0.424. The average Bonchev–Trinajstić information content (AvgIpc) is 2.75. The maximum atomic E-state index is 5.93. The van der Waals surface area contributed by atoms with Gasteiger partial charge in [-0.25, -0.2) is 0 Å². The molecule has 3 aliphatic rings. The van der Waals surface area contributed by atoms with Gasteiger partial charge in [0.15, 0.2) is 0 Å². The van der Waals surface area contributed by atoms with Crippen molar-refractivity contribution in [2.24, 2.45) is 5.92 Å². The van der Waals surface area contributed by atoms with E-state index in [2.05, 4.69) is 42.6 Å². The molecule has 0 aromatic heterocycles. The van der Waals surface area contributed by atoms with Gasteiger partial charge in [0.2, 0.25) is 0 Å². The van der Waals surface area contributed by atoms with Crippen molar-refractivity contribution < 1.29 is 4.74 Å². The molecule has 0 radical (unpaired) electrons. The molecular weight excluding hydrogens is 378 g/mol. The summed E-state index contributed by atoms with van der Waals surface area (Å²) in [5.41, 5.74) is 4.91. The molecule has 1 aliphatic heterocycles. The van der Waals surface area contributed by atoms with E-state index in [1.54, 1.807) is 11.1 Å². The highest BCUT2D eigenvalue weighted by Gasteiger charge is 2.51. The summed E-state index contributed by atoms with van der Waals surface area (Å²) in [6, 6.07) is 17.8. The lowest BCUT2D eigenvalue weighted by molar-refractivity contribution is 0.0794. The minimum Gasteiger partial charge on any atom is -0.494 e. The second-order valence-corrected chi connectivity index (χ2v) is 9.27. The third kappa shape index (κ3) is 4.49. The van der Waals surface area contributed by atoms with Crippen molar-refractivity contribution >= 4 is 11.6 Å². The Labute approximate surface area is 181 Å². The van der Waals surface area contributed by atoms with Crippen molar-refractivity contribution in [3.8, 4) is 5.75 Å². The van der Waals surface area contributed by atoms with Crippen molar-refractivity contribution in [1.82, 2.24) is 5.32 Å². The Balaban J connectivity index is 0.000000249. The molecular formula is C26H34ClNO. The van der Waals surface area contributed by atoms with Crippen LogP contribution in [0.2, 0.25) is 0 Å². The van der Waals surface area contributed by atoms with Gasteiger partial charge in [0.05, 0.1) is 6.61 Å². The fraction of sp³-hybridized carbons (Fsp3) is 0.538. The van der Waals surface area contributed by atoms with Gasteiger partial charge in [-0.15, -0.1) is 11.6 Å². The molecule has 2 aromatic rings. The lowest BCUT2D eigenvalue weighted by Crippen LogP contribution is -2.59. The fourth-order valence-corrected chi connectivity index (χ4v) is 5.88. The van der Waals surface area contributed by atoms with E-state index < -0.39 is 0 Å². The first-order valence-electron chi connectivity index (χ1n) is 11.3. The first kappa shape index (κ1) is 20.8. The van der Waals surface area contributed by atoms with Crippen LogP contribution in [-0.2, 0) is 11.8 Å². The van der Waals surface area contributed by atoms with Crippen molar-refractivity contribution in [3.63, 3.8) is 0 Å². The van der Waals surface area contributed by atoms with Gasteiger partial charge in [0, 0.05) is 17.3 Å². The van der Waals surface area contributed by atoms with E-state index in [9.17, 15) is 0 Å². The number of fused-ring (bicyclic) bond motifs is 1. The lowest BCUT2D eigenvalue weighted by atomic mass is 9.53. The number of piperidine rings is 1. The molecule has 2 nitrogen and oxygen atoms in total. The summed E-state index contributed by atoms with van der Waals surface area (Å²) in [5.74, 6) is 2.55. The molecule has 1 N–H and O–H groups in total. The highest BCUT2D eigenvalue weighted by atomic mass is 35.5. The van der Waals surface area contributed by atoms with E-state index in [4.69, 9.17) is 16.3 Å². The summed E-state index contributed by atoms with van der Waals surface area (Å²) in [6.45, 7) is 3.99. The van der Waals surface area contributed by atoms with Gasteiger partial charge < -0.3 is 10.1 Å². The molecule has 3 heteroatoms. The Morgan fingerprint density at radius 3 is 2.72 bits per heavy atom. The second kappa shape index (κ2) is 9.53. The van der Waals surface area contributed by atoms with Crippen LogP contribution in [-0.4, -0.2) is 25.1 Å². The molecule has 2 fully saturated rings. The largest absolute Gasteiger partial charge is 0.494 e. The monoisotopic (exact) mass is 411 g/mol. The molecule has 156 valence electrons. The number of nitrogens with one attached hydrogen (secondary N) is 1. The molecule has 1 heterocycles. The van der Waals surface area contributed by atoms with E-state index in [0.717, 1.165) is 24.7 Å². The topological polar surface area (TPSA) is 21.3 Å². The summed E-state index contributed by atoms with van der Waals surface area (Å²) in [4.78, 5) is 0. The molecule has 2 aliphatic carbocycles. The van der Waals surface area contributed by atoms with Crippen molar-refractivity contribution in [2.75, 3.05) is 19.0 Å². The smallest absolute Gasteiger partial charge is 0.119 e. The van der Waals surface area contributed by atoms with Crippen molar-refractivity contribution in [3.05, 3.63) is 65.2 Å². The Morgan fingerprint density at radius 1 is 1.10 bits per heavy atom. The van der Waals surface area contributed by atoms with E-state index in [0.29, 0.717) is 17.3 Å². The van der Waals surface area contributed by atoms with E-state index in [1.165, 1.54) is 50.6 Å². The summed E-state index contributed by atoms with van der Waals surface area (Å²) < 4.78 is 5.93. The molecule has 3 atom stereocenters. The van der Waals surface area contributed by atoms with Crippen LogP contribution in [0.25, 0.3) is 0 Å². The van der Waals surface area contributed by atoms with Gasteiger partial charge in [0.1, 0.15) is 5.75 Å². The molecule has 2 bridgehead atoms. The normalized spacial score (nSPS) is 27.1. The Hall–Kier alpha value is -1.51. The average molecular weight is 412 g/mol. The van der Waals surface area contributed by atoms with Gasteiger partial charge in [-0.1, -0.05) is 54.8 Å². The maximum absolute atomic E-state index is 5.93. The summed E-state index contributed by atoms with van der Waals surface area (Å²) >= 11 is 5.76. The zero-order chi connectivity index (χ0) is 20.1. The van der Waals surface area contributed by atoms with Crippen LogP contribution in [0.1, 0.15) is 55.2 Å². The first-order chi connectivity index (χ1) is 14.2. The second-order valence-electron chi connectivity index (χ2n) is 8.89. The summed E-state index contributed by atoms with van der Waals surface area (Å²) in [7, 11) is 0. The van der Waals surface area contributed by atoms with Crippen LogP contribution < -0.4 is 10.1 Å². The number of alkyl halides is 1. The Kier molecular flexibility index (Phi) is 6.82. The van der Waals surface area contributed by atoms with E-state index in [-0.39, 0.29) is 0 Å². The number of aryl methyl sites for hydroxylation is 1. The van der Waals surface area contributed by atoms with Crippen molar-refractivity contribution in [1.29, 1.82) is 0 Å². The van der Waals surface area contributed by atoms with Crippen LogP contribution in [0.3, 0.4) is 0 Å². The Bertz CT molecular complexity index is 789. The molecule has 3 unspecified atom stereocenters. The number of hydrogen-bond acceptors (Lipinski definition) is 2. The Morgan fingerprint density at radius 2 is 1.97 bits per heavy atom. The highest BCUT2D eigenvalue weighted by Crippen LogP contribution is 2.54. The van der Waals surface area contributed by atoms with Crippen LogP contribution in [0.15, 0.2) is 48.5 Å². The van der Waals surface area contributed by atoms with Gasteiger partial charge in [0.25, 0.3) is 0 Å². The SMILES string of the molecule is Cc1ccccc1.ClCCCOc1ccc2c(c1)C13CCCCC1C(C2)NCC3. The van der Waals surface area contributed by atoms with Crippen LogP contribution >= 0.6 is 11.6 Å². The molecule has 0 amide bonds. The molecule has 1 saturated heterocycles. The van der Waals surface area contributed by atoms with Gasteiger partial charge in [-0.05, 0) is 74.8 Å². The van der Waals surface area contributed by atoms with Crippen LogP contribution in [0.5, 0.6) is 5.75 Å². The lowest BCUT2D eigenvalue weighted by Gasteiger charge is -2.56. The first-order valence-corrected chi connectivity index (χ1v) is 11.8. The maximum Gasteiger partial charge on any atom is 0.119 e. The zero-order valence-electron chi connectivity index (χ0n) is 17.6. The van der Waals surface area contributed by atoms with E-state index in [1.807, 2.05) is 18.2 Å². The summed E-state index contributed by atoms with van der Waals surface area (Å²) in [5, 5.41) is 3.80. The number of hydrogen-bond donors (Lipinski definition) is 1. The molecule has 1 saturated carbocycles.